The SMILES string of the molecule is CC1CC1C(=O)NCCN(C(C)C)C(C)C. The van der Waals surface area contributed by atoms with Crippen LogP contribution >= 0.6 is 0 Å². The highest BCUT2D eigenvalue weighted by Crippen LogP contribution is 2.37. The van der Waals surface area contributed by atoms with Crippen LogP contribution in [-0.4, -0.2) is 36.0 Å². The Hall–Kier alpha value is -0.570. The molecule has 1 fully saturated rings. The zero-order valence-corrected chi connectivity index (χ0v) is 11.3. The summed E-state index contributed by atoms with van der Waals surface area (Å²) in [5, 5.41) is 3.03. The van der Waals surface area contributed by atoms with Crippen LogP contribution in [-0.2, 0) is 4.79 Å². The van der Waals surface area contributed by atoms with Crippen molar-refractivity contribution >= 4 is 5.91 Å². The lowest BCUT2D eigenvalue weighted by Crippen LogP contribution is -2.42. The lowest BCUT2D eigenvalue weighted by molar-refractivity contribution is -0.122. The van der Waals surface area contributed by atoms with Gasteiger partial charge in [0.15, 0.2) is 0 Å². The summed E-state index contributed by atoms with van der Waals surface area (Å²) < 4.78 is 0. The number of hydrogen-bond acceptors (Lipinski definition) is 2. The quantitative estimate of drug-likeness (QED) is 0.750. The molecule has 0 aromatic carbocycles. The predicted molar refractivity (Wildman–Crippen MR) is 67.3 cm³/mol. The van der Waals surface area contributed by atoms with Gasteiger partial charge in [0.05, 0.1) is 0 Å². The fourth-order valence-corrected chi connectivity index (χ4v) is 2.24. The molecule has 1 aliphatic carbocycles. The van der Waals surface area contributed by atoms with Crippen molar-refractivity contribution in [1.29, 1.82) is 0 Å². The van der Waals surface area contributed by atoms with Gasteiger partial charge in [0.1, 0.15) is 0 Å². The third kappa shape index (κ3) is 3.78. The minimum atomic E-state index is 0.250. The second-order valence-electron chi connectivity index (χ2n) is 5.54. The van der Waals surface area contributed by atoms with Gasteiger partial charge >= 0.3 is 0 Å². The van der Waals surface area contributed by atoms with E-state index in [1.807, 2.05) is 0 Å². The first-order valence-electron chi connectivity index (χ1n) is 6.47. The highest BCUT2D eigenvalue weighted by molar-refractivity contribution is 5.81. The smallest absolute Gasteiger partial charge is 0.223 e. The van der Waals surface area contributed by atoms with Crippen molar-refractivity contribution in [2.24, 2.45) is 11.8 Å². The maximum absolute atomic E-state index is 11.6. The van der Waals surface area contributed by atoms with Gasteiger partial charge in [-0.15, -0.1) is 0 Å². The van der Waals surface area contributed by atoms with Crippen molar-refractivity contribution in [1.82, 2.24) is 10.2 Å². The lowest BCUT2D eigenvalue weighted by atomic mass is 10.2. The molecule has 0 bridgehead atoms. The molecule has 1 saturated carbocycles. The van der Waals surface area contributed by atoms with Crippen LogP contribution in [0, 0.1) is 11.8 Å². The molecule has 1 rings (SSSR count). The second kappa shape index (κ2) is 5.67. The van der Waals surface area contributed by atoms with Crippen molar-refractivity contribution < 1.29 is 4.79 Å². The molecule has 0 aliphatic heterocycles. The Bertz CT molecular complexity index is 230. The number of rotatable bonds is 6. The van der Waals surface area contributed by atoms with Gasteiger partial charge in [-0.1, -0.05) is 6.92 Å². The van der Waals surface area contributed by atoms with E-state index < -0.39 is 0 Å². The standard InChI is InChI=1S/C13H26N2O/c1-9(2)15(10(3)4)7-6-14-13(16)12-8-11(12)5/h9-12H,6-8H2,1-5H3,(H,14,16). The summed E-state index contributed by atoms with van der Waals surface area (Å²) in [5.41, 5.74) is 0. The molecule has 3 nitrogen and oxygen atoms in total. The highest BCUT2D eigenvalue weighted by Gasteiger charge is 2.38. The molecule has 1 N–H and O–H groups in total. The van der Waals surface area contributed by atoms with Crippen LogP contribution in [0.4, 0.5) is 0 Å². The van der Waals surface area contributed by atoms with Gasteiger partial charge < -0.3 is 5.32 Å². The van der Waals surface area contributed by atoms with E-state index in [0.717, 1.165) is 19.5 Å². The van der Waals surface area contributed by atoms with E-state index >= 15 is 0 Å². The van der Waals surface area contributed by atoms with E-state index in [-0.39, 0.29) is 5.91 Å². The van der Waals surface area contributed by atoms with Gasteiger partial charge in [-0.3, -0.25) is 9.69 Å². The maximum atomic E-state index is 11.6. The zero-order chi connectivity index (χ0) is 12.3. The van der Waals surface area contributed by atoms with Crippen LogP contribution in [0.5, 0.6) is 0 Å². The predicted octanol–water partition coefficient (Wildman–Crippen LogP) is 1.88. The topological polar surface area (TPSA) is 32.3 Å². The van der Waals surface area contributed by atoms with Gasteiger partial charge in [0.2, 0.25) is 5.91 Å². The summed E-state index contributed by atoms with van der Waals surface area (Å²) in [7, 11) is 0. The number of amides is 1. The molecule has 0 radical (unpaired) electrons. The minimum Gasteiger partial charge on any atom is -0.355 e. The van der Waals surface area contributed by atoms with E-state index in [1.165, 1.54) is 0 Å². The molecule has 16 heavy (non-hydrogen) atoms. The van der Waals surface area contributed by atoms with E-state index in [0.29, 0.717) is 23.9 Å². The van der Waals surface area contributed by atoms with Gasteiger partial charge in [-0.05, 0) is 40.0 Å². The van der Waals surface area contributed by atoms with Crippen LogP contribution in [0.2, 0.25) is 0 Å². The van der Waals surface area contributed by atoms with Crippen molar-refractivity contribution in [3.8, 4) is 0 Å². The summed E-state index contributed by atoms with van der Waals surface area (Å²) in [4.78, 5) is 14.0. The molecular weight excluding hydrogens is 200 g/mol. The van der Waals surface area contributed by atoms with Crippen molar-refractivity contribution in [2.75, 3.05) is 13.1 Å². The van der Waals surface area contributed by atoms with Crippen LogP contribution in [0.25, 0.3) is 0 Å². The van der Waals surface area contributed by atoms with Crippen molar-refractivity contribution in [3.05, 3.63) is 0 Å². The summed E-state index contributed by atoms with van der Waals surface area (Å²) in [5.74, 6) is 1.15. The first-order chi connectivity index (χ1) is 7.43. The highest BCUT2D eigenvalue weighted by atomic mass is 16.2. The second-order valence-corrected chi connectivity index (χ2v) is 5.54. The number of carbonyl (C=O) groups is 1. The average molecular weight is 226 g/mol. The maximum Gasteiger partial charge on any atom is 0.223 e. The number of carbonyl (C=O) groups excluding carboxylic acids is 1. The van der Waals surface area contributed by atoms with Crippen LogP contribution in [0.15, 0.2) is 0 Å². The number of nitrogens with zero attached hydrogens (tertiary/aromatic N) is 1. The van der Waals surface area contributed by atoms with Crippen LogP contribution < -0.4 is 5.32 Å². The Morgan fingerprint density at radius 1 is 1.31 bits per heavy atom. The van der Waals surface area contributed by atoms with E-state index in [1.54, 1.807) is 0 Å². The van der Waals surface area contributed by atoms with Gasteiger partial charge in [0.25, 0.3) is 0 Å². The molecular formula is C13H26N2O. The fraction of sp³-hybridized carbons (Fsp3) is 0.923. The normalized spacial score (nSPS) is 24.2. The molecule has 1 amide bonds. The summed E-state index contributed by atoms with van der Waals surface area (Å²) in [6, 6.07) is 1.08. The minimum absolute atomic E-state index is 0.250. The van der Waals surface area contributed by atoms with Crippen LogP contribution in [0.3, 0.4) is 0 Å². The van der Waals surface area contributed by atoms with Crippen molar-refractivity contribution in [2.45, 2.75) is 53.1 Å². The molecule has 0 saturated heterocycles. The van der Waals surface area contributed by atoms with E-state index in [4.69, 9.17) is 0 Å². The fourth-order valence-electron chi connectivity index (χ4n) is 2.24. The van der Waals surface area contributed by atoms with Gasteiger partial charge in [-0.2, -0.15) is 0 Å². The summed E-state index contributed by atoms with van der Waals surface area (Å²) in [6.07, 6.45) is 1.07. The first-order valence-corrected chi connectivity index (χ1v) is 6.47. The summed E-state index contributed by atoms with van der Waals surface area (Å²) >= 11 is 0. The van der Waals surface area contributed by atoms with Gasteiger partial charge in [-0.25, -0.2) is 0 Å². The molecule has 0 aromatic rings. The molecule has 2 atom stereocenters. The zero-order valence-electron chi connectivity index (χ0n) is 11.3. The Morgan fingerprint density at radius 2 is 1.81 bits per heavy atom. The van der Waals surface area contributed by atoms with Gasteiger partial charge in [0, 0.05) is 31.1 Å². The molecule has 94 valence electrons. The molecule has 0 aromatic heterocycles. The number of nitrogens with one attached hydrogen (secondary N) is 1. The molecule has 0 heterocycles. The third-order valence-electron chi connectivity index (χ3n) is 3.44. The first kappa shape index (κ1) is 13.5. The number of hydrogen-bond donors (Lipinski definition) is 1. The monoisotopic (exact) mass is 226 g/mol. The van der Waals surface area contributed by atoms with Crippen molar-refractivity contribution in [3.63, 3.8) is 0 Å². The Labute approximate surface area is 99.6 Å². The Balaban J connectivity index is 2.20. The van der Waals surface area contributed by atoms with E-state index in [9.17, 15) is 4.79 Å². The van der Waals surface area contributed by atoms with Crippen LogP contribution in [0.1, 0.15) is 41.0 Å². The van der Waals surface area contributed by atoms with E-state index in [2.05, 4.69) is 44.8 Å². The average Bonchev–Trinajstić information content (AvgIpc) is 2.88. The Morgan fingerprint density at radius 3 is 2.19 bits per heavy atom. The third-order valence-corrected chi connectivity index (χ3v) is 3.44. The molecule has 3 heteroatoms. The molecule has 2 unspecified atom stereocenters. The lowest BCUT2D eigenvalue weighted by Gasteiger charge is -2.30. The summed E-state index contributed by atoms with van der Waals surface area (Å²) in [6.45, 7) is 12.7. The Kier molecular flexibility index (Phi) is 4.78. The molecule has 1 aliphatic rings. The largest absolute Gasteiger partial charge is 0.355 e. The molecule has 0 spiro atoms.